The topological polar surface area (TPSA) is 25.2 Å². The van der Waals surface area contributed by atoms with Crippen LogP contribution in [-0.4, -0.2) is 9.67 Å². The molecule has 4 heteroatoms. The fraction of sp³-hybridized carbons (Fsp3) is 0.529. The summed E-state index contributed by atoms with van der Waals surface area (Å²) in [6.45, 7) is 7.66. The highest BCUT2D eigenvalue weighted by atomic mass is 79.9. The third kappa shape index (κ3) is 3.13. The van der Waals surface area contributed by atoms with Crippen molar-refractivity contribution in [2.45, 2.75) is 52.7 Å². The Morgan fingerprint density at radius 3 is 2.86 bits per heavy atom. The van der Waals surface area contributed by atoms with Gasteiger partial charge in [0.25, 0.3) is 0 Å². The summed E-state index contributed by atoms with van der Waals surface area (Å²) in [5.74, 6) is 0. The summed E-state index contributed by atoms with van der Waals surface area (Å²) in [6.07, 6.45) is 2.66. The van der Waals surface area contributed by atoms with E-state index in [9.17, 15) is 5.11 Å². The summed E-state index contributed by atoms with van der Waals surface area (Å²) < 4.78 is 3.60. The van der Waals surface area contributed by atoms with E-state index in [0.717, 1.165) is 31.4 Å². The maximum absolute atomic E-state index is 10.4. The minimum absolute atomic E-state index is 0.181. The Morgan fingerprint density at radius 2 is 2.19 bits per heavy atom. The Bertz CT molecular complexity index is 656. The normalized spacial score (nSPS) is 20.5. The zero-order valence-electron chi connectivity index (χ0n) is 12.8. The first kappa shape index (κ1) is 15.3. The second-order valence-corrected chi connectivity index (χ2v) is 9.40. The highest BCUT2D eigenvalue weighted by Crippen LogP contribution is 2.42. The molecule has 0 bridgehead atoms. The molecule has 2 aromatic heterocycles. The van der Waals surface area contributed by atoms with Gasteiger partial charge in [0.05, 0.1) is 9.89 Å². The highest BCUT2D eigenvalue weighted by molar-refractivity contribution is 9.11. The average molecular weight is 368 g/mol. The van der Waals surface area contributed by atoms with Crippen molar-refractivity contribution in [2.24, 2.45) is 5.41 Å². The molecule has 0 amide bonds. The smallest absolute Gasteiger partial charge is 0.0812 e. The molecule has 21 heavy (non-hydrogen) atoms. The van der Waals surface area contributed by atoms with E-state index in [0.29, 0.717) is 0 Å². The molecule has 3 rings (SSSR count). The van der Waals surface area contributed by atoms with Crippen molar-refractivity contribution in [3.63, 3.8) is 0 Å². The fourth-order valence-corrected chi connectivity index (χ4v) is 4.89. The third-order valence-corrected chi connectivity index (χ3v) is 6.09. The van der Waals surface area contributed by atoms with Crippen molar-refractivity contribution in [3.8, 4) is 0 Å². The first-order valence-electron chi connectivity index (χ1n) is 7.47. The molecular weight excluding hydrogens is 346 g/mol. The molecule has 0 radical (unpaired) electrons. The molecule has 1 N–H and O–H groups in total. The van der Waals surface area contributed by atoms with E-state index in [1.54, 1.807) is 0 Å². The minimum atomic E-state index is -0.306. The Balaban J connectivity index is 1.86. The van der Waals surface area contributed by atoms with Crippen LogP contribution in [0.4, 0.5) is 0 Å². The first-order valence-corrected chi connectivity index (χ1v) is 9.08. The van der Waals surface area contributed by atoms with Crippen LogP contribution in [-0.2, 0) is 19.4 Å². The zero-order chi connectivity index (χ0) is 15.2. The number of fused-ring (bicyclic) bond motifs is 1. The highest BCUT2D eigenvalue weighted by Gasteiger charge is 2.33. The van der Waals surface area contributed by atoms with E-state index >= 15 is 0 Å². The molecule has 0 fully saturated rings. The predicted molar refractivity (Wildman–Crippen MR) is 92.0 cm³/mol. The van der Waals surface area contributed by atoms with E-state index in [1.165, 1.54) is 20.1 Å². The van der Waals surface area contributed by atoms with Crippen LogP contribution in [0, 0.1) is 12.3 Å². The lowest BCUT2D eigenvalue weighted by atomic mass is 9.75. The Hall–Kier alpha value is -0.580. The monoisotopic (exact) mass is 367 g/mol. The molecule has 1 atom stereocenters. The lowest BCUT2D eigenvalue weighted by Crippen LogP contribution is -2.27. The van der Waals surface area contributed by atoms with Gasteiger partial charge in [-0.1, -0.05) is 13.8 Å². The number of nitrogens with zero attached hydrogens (tertiary/aromatic N) is 1. The van der Waals surface area contributed by atoms with E-state index in [4.69, 9.17) is 0 Å². The lowest BCUT2D eigenvalue weighted by Gasteiger charge is -2.34. The van der Waals surface area contributed by atoms with Gasteiger partial charge in [-0.25, -0.2) is 0 Å². The van der Waals surface area contributed by atoms with Crippen LogP contribution in [0.1, 0.15) is 48.2 Å². The van der Waals surface area contributed by atoms with Gasteiger partial charge in [0.15, 0.2) is 0 Å². The Kier molecular flexibility index (Phi) is 4.06. The van der Waals surface area contributed by atoms with E-state index in [-0.39, 0.29) is 11.5 Å². The number of halogens is 1. The molecule has 2 nitrogen and oxygen atoms in total. The molecule has 1 aliphatic carbocycles. The number of aromatic nitrogens is 1. The van der Waals surface area contributed by atoms with Crippen molar-refractivity contribution in [2.75, 3.05) is 0 Å². The molecule has 0 spiro atoms. The van der Waals surface area contributed by atoms with Gasteiger partial charge in [0.1, 0.15) is 0 Å². The van der Waals surface area contributed by atoms with Gasteiger partial charge in [-0.15, -0.1) is 11.3 Å². The maximum atomic E-state index is 10.4. The van der Waals surface area contributed by atoms with Crippen LogP contribution >= 0.6 is 27.3 Å². The van der Waals surface area contributed by atoms with E-state index in [2.05, 4.69) is 59.5 Å². The standard InChI is InChI=1S/C17H22BrNOS/c1-11-8-13-14(9-17(2,3)10-15(13)20)19(11)7-6-12-4-5-16(18)21-12/h4-5,8,15,20H,6-7,9-10H2,1-3H3. The van der Waals surface area contributed by atoms with Gasteiger partial charge >= 0.3 is 0 Å². The summed E-state index contributed by atoms with van der Waals surface area (Å²) in [4.78, 5) is 1.40. The van der Waals surface area contributed by atoms with Gasteiger partial charge in [0, 0.05) is 28.4 Å². The van der Waals surface area contributed by atoms with Gasteiger partial charge in [-0.05, 0) is 65.7 Å². The van der Waals surface area contributed by atoms with Crippen LogP contribution in [0.3, 0.4) is 0 Å². The number of thiophene rings is 1. The molecular formula is C17H22BrNOS. The zero-order valence-corrected chi connectivity index (χ0v) is 15.2. The minimum Gasteiger partial charge on any atom is -0.388 e. The van der Waals surface area contributed by atoms with Crippen molar-refractivity contribution >= 4 is 27.3 Å². The summed E-state index contributed by atoms with van der Waals surface area (Å²) in [7, 11) is 0. The second-order valence-electron chi connectivity index (χ2n) is 6.86. The summed E-state index contributed by atoms with van der Waals surface area (Å²) in [5, 5.41) is 10.4. The first-order chi connectivity index (χ1) is 9.85. The van der Waals surface area contributed by atoms with Crippen molar-refractivity contribution in [1.82, 2.24) is 4.57 Å². The van der Waals surface area contributed by atoms with Crippen LogP contribution in [0.2, 0.25) is 0 Å². The molecule has 1 aliphatic rings. The lowest BCUT2D eigenvalue weighted by molar-refractivity contribution is 0.0979. The molecule has 1 unspecified atom stereocenters. The predicted octanol–water partition coefficient (Wildman–Crippen LogP) is 4.87. The van der Waals surface area contributed by atoms with Gasteiger partial charge < -0.3 is 9.67 Å². The van der Waals surface area contributed by atoms with Crippen molar-refractivity contribution < 1.29 is 5.11 Å². The summed E-state index contributed by atoms with van der Waals surface area (Å²) in [5.41, 5.74) is 3.94. The van der Waals surface area contributed by atoms with Crippen LogP contribution < -0.4 is 0 Å². The van der Waals surface area contributed by atoms with Crippen molar-refractivity contribution in [1.29, 1.82) is 0 Å². The van der Waals surface area contributed by atoms with Crippen molar-refractivity contribution in [3.05, 3.63) is 43.8 Å². The van der Waals surface area contributed by atoms with E-state index in [1.807, 2.05) is 11.3 Å². The largest absolute Gasteiger partial charge is 0.388 e. The van der Waals surface area contributed by atoms with Gasteiger partial charge in [0.2, 0.25) is 0 Å². The number of hydrogen-bond acceptors (Lipinski definition) is 2. The van der Waals surface area contributed by atoms with E-state index < -0.39 is 0 Å². The maximum Gasteiger partial charge on any atom is 0.0812 e. The average Bonchev–Trinajstić information content (AvgIpc) is 2.90. The number of hydrogen-bond donors (Lipinski definition) is 1. The Morgan fingerprint density at radius 1 is 1.43 bits per heavy atom. The molecule has 2 heterocycles. The second kappa shape index (κ2) is 5.56. The molecule has 0 saturated carbocycles. The quantitative estimate of drug-likeness (QED) is 0.822. The van der Waals surface area contributed by atoms with Crippen LogP contribution in [0.25, 0.3) is 0 Å². The van der Waals surface area contributed by atoms with Gasteiger partial charge in [-0.3, -0.25) is 0 Å². The van der Waals surface area contributed by atoms with Crippen LogP contribution in [0.5, 0.6) is 0 Å². The van der Waals surface area contributed by atoms with Gasteiger partial charge in [-0.2, -0.15) is 0 Å². The molecule has 114 valence electrons. The molecule has 0 aliphatic heterocycles. The summed E-state index contributed by atoms with van der Waals surface area (Å²) >= 11 is 5.33. The molecule has 2 aromatic rings. The molecule has 0 saturated heterocycles. The number of rotatable bonds is 3. The Labute approximate surface area is 138 Å². The number of aliphatic hydroxyl groups is 1. The summed E-state index contributed by atoms with van der Waals surface area (Å²) in [6, 6.07) is 6.49. The third-order valence-electron chi connectivity index (χ3n) is 4.41. The molecule has 0 aromatic carbocycles. The van der Waals surface area contributed by atoms with Crippen LogP contribution in [0.15, 0.2) is 22.0 Å². The number of aryl methyl sites for hydroxylation is 2. The number of aliphatic hydroxyl groups excluding tert-OH is 1. The SMILES string of the molecule is Cc1cc2c(n1CCc1ccc(Br)s1)CC(C)(C)CC2O. The fourth-order valence-electron chi connectivity index (χ4n) is 3.42.